The number of benzene rings is 2. The summed E-state index contributed by atoms with van der Waals surface area (Å²) in [6.07, 6.45) is 1.41. The number of hydrogen-bond acceptors (Lipinski definition) is 8. The lowest BCUT2D eigenvalue weighted by atomic mass is 9.98. The van der Waals surface area contributed by atoms with Gasteiger partial charge in [-0.3, -0.25) is 14.5 Å². The lowest BCUT2D eigenvalue weighted by molar-refractivity contribution is -0.132. The molecule has 10 heteroatoms. The van der Waals surface area contributed by atoms with E-state index in [1.807, 2.05) is 0 Å². The number of halogens is 1. The van der Waals surface area contributed by atoms with E-state index < -0.39 is 23.5 Å². The molecule has 1 unspecified atom stereocenters. The SMILES string of the molecule is COc1cc(OC)c(/C(O)=C2/C(=O)C(=O)N(c3ccc(OC)c(OC)c3)C2c2ccco2)cc1Cl. The molecule has 4 rings (SSSR count). The van der Waals surface area contributed by atoms with E-state index in [9.17, 15) is 14.7 Å². The number of ketones is 1. The number of methoxy groups -OCH3 is 4. The van der Waals surface area contributed by atoms with Gasteiger partial charge >= 0.3 is 0 Å². The summed E-state index contributed by atoms with van der Waals surface area (Å²) < 4.78 is 26.8. The number of carbonyl (C=O) groups excluding carboxylic acids is 2. The first-order valence-corrected chi connectivity index (χ1v) is 10.7. The summed E-state index contributed by atoms with van der Waals surface area (Å²) in [5.41, 5.74) is 0.254. The fraction of sp³-hybridized carbons (Fsp3) is 0.200. The predicted octanol–water partition coefficient (Wildman–Crippen LogP) is 4.59. The Morgan fingerprint density at radius 3 is 2.20 bits per heavy atom. The van der Waals surface area contributed by atoms with E-state index in [4.69, 9.17) is 35.0 Å². The third-order valence-corrected chi connectivity index (χ3v) is 5.93. The highest BCUT2D eigenvalue weighted by Crippen LogP contribution is 2.46. The molecule has 1 aliphatic rings. The van der Waals surface area contributed by atoms with Crippen molar-refractivity contribution in [3.8, 4) is 23.0 Å². The number of amides is 1. The van der Waals surface area contributed by atoms with Crippen LogP contribution in [-0.4, -0.2) is 45.2 Å². The quantitative estimate of drug-likeness (QED) is 0.285. The minimum atomic E-state index is -1.08. The van der Waals surface area contributed by atoms with Crippen molar-refractivity contribution in [1.82, 2.24) is 0 Å². The van der Waals surface area contributed by atoms with Crippen molar-refractivity contribution >= 4 is 34.7 Å². The minimum absolute atomic E-state index is 0.111. The molecule has 1 saturated heterocycles. The summed E-state index contributed by atoms with van der Waals surface area (Å²) >= 11 is 6.28. The van der Waals surface area contributed by atoms with Crippen molar-refractivity contribution in [3.63, 3.8) is 0 Å². The number of ether oxygens (including phenoxy) is 4. The molecule has 1 fully saturated rings. The lowest BCUT2D eigenvalue weighted by Crippen LogP contribution is -2.29. The third kappa shape index (κ3) is 4.04. The molecular formula is C25H22ClNO8. The number of rotatable bonds is 7. The summed E-state index contributed by atoms with van der Waals surface area (Å²) in [6.45, 7) is 0. The molecule has 0 spiro atoms. The van der Waals surface area contributed by atoms with Crippen molar-refractivity contribution in [2.45, 2.75) is 6.04 Å². The van der Waals surface area contributed by atoms with Gasteiger partial charge in [0.2, 0.25) is 0 Å². The number of anilines is 1. The number of aliphatic hydroxyl groups is 1. The van der Waals surface area contributed by atoms with Crippen LogP contribution in [0.4, 0.5) is 5.69 Å². The zero-order valence-electron chi connectivity index (χ0n) is 19.3. The molecule has 1 atom stereocenters. The van der Waals surface area contributed by atoms with Gasteiger partial charge in [-0.05, 0) is 30.3 Å². The smallest absolute Gasteiger partial charge is 0.300 e. The van der Waals surface area contributed by atoms with Gasteiger partial charge in [0.1, 0.15) is 29.1 Å². The maximum Gasteiger partial charge on any atom is 0.300 e. The standard InChI is InChI=1S/C25H22ClNO8/c1-31-16-8-7-13(10-20(16)34-4)27-22(17-6-5-9-35-17)21(24(29)25(27)30)23(28)14-11-15(26)19(33-3)12-18(14)32-2/h5-12,22,28H,1-4H3/b23-21-. The lowest BCUT2D eigenvalue weighted by Gasteiger charge is -2.24. The van der Waals surface area contributed by atoms with Crippen LogP contribution in [0.2, 0.25) is 5.02 Å². The highest BCUT2D eigenvalue weighted by Gasteiger charge is 2.48. The molecule has 1 amide bonds. The summed E-state index contributed by atoms with van der Waals surface area (Å²) in [5, 5.41) is 11.5. The van der Waals surface area contributed by atoms with E-state index in [1.54, 1.807) is 30.3 Å². The second-order valence-corrected chi connectivity index (χ2v) is 7.82. The van der Waals surface area contributed by atoms with E-state index in [0.29, 0.717) is 22.9 Å². The van der Waals surface area contributed by atoms with Gasteiger partial charge in [0, 0.05) is 17.8 Å². The number of carbonyl (C=O) groups is 2. The molecule has 1 aromatic heterocycles. The first kappa shape index (κ1) is 24.0. The molecule has 0 saturated carbocycles. The maximum atomic E-state index is 13.3. The number of aliphatic hydroxyl groups excluding tert-OH is 1. The van der Waals surface area contributed by atoms with Crippen molar-refractivity contribution in [2.75, 3.05) is 33.3 Å². The number of hydrogen-bond donors (Lipinski definition) is 1. The third-order valence-electron chi connectivity index (χ3n) is 5.63. The fourth-order valence-corrected chi connectivity index (χ4v) is 4.22. The highest BCUT2D eigenvalue weighted by molar-refractivity contribution is 6.51. The van der Waals surface area contributed by atoms with Crippen LogP contribution in [-0.2, 0) is 9.59 Å². The van der Waals surface area contributed by atoms with Crippen LogP contribution in [0.25, 0.3) is 5.76 Å². The second-order valence-electron chi connectivity index (χ2n) is 7.41. The largest absolute Gasteiger partial charge is 0.507 e. The summed E-state index contributed by atoms with van der Waals surface area (Å²) in [5.74, 6) is -0.680. The zero-order valence-corrected chi connectivity index (χ0v) is 20.1. The van der Waals surface area contributed by atoms with Crippen molar-refractivity contribution in [3.05, 3.63) is 70.6 Å². The van der Waals surface area contributed by atoms with Gasteiger partial charge in [0.05, 0.1) is 50.9 Å². The molecule has 1 N–H and O–H groups in total. The monoisotopic (exact) mass is 499 g/mol. The number of furan rings is 1. The molecule has 3 aromatic rings. The molecule has 2 aromatic carbocycles. The topological polar surface area (TPSA) is 108 Å². The van der Waals surface area contributed by atoms with Gasteiger partial charge in [0.25, 0.3) is 11.7 Å². The molecule has 9 nitrogen and oxygen atoms in total. The maximum absolute atomic E-state index is 13.3. The normalized spacial score (nSPS) is 16.9. The van der Waals surface area contributed by atoms with Gasteiger partial charge in [-0.1, -0.05) is 11.6 Å². The molecule has 2 heterocycles. The molecule has 0 bridgehead atoms. The molecule has 35 heavy (non-hydrogen) atoms. The molecule has 0 radical (unpaired) electrons. The molecular weight excluding hydrogens is 478 g/mol. The number of nitrogens with zero attached hydrogens (tertiary/aromatic N) is 1. The Hall–Kier alpha value is -4.11. The Morgan fingerprint density at radius 2 is 1.60 bits per heavy atom. The van der Waals surface area contributed by atoms with Crippen LogP contribution in [0.3, 0.4) is 0 Å². The Labute approximate surface area is 206 Å². The van der Waals surface area contributed by atoms with Crippen molar-refractivity contribution in [2.24, 2.45) is 0 Å². The zero-order chi connectivity index (χ0) is 25.3. The first-order chi connectivity index (χ1) is 16.9. The van der Waals surface area contributed by atoms with E-state index in [-0.39, 0.29) is 27.7 Å². The Kier molecular flexibility index (Phi) is 6.61. The predicted molar refractivity (Wildman–Crippen MR) is 128 cm³/mol. The average molecular weight is 500 g/mol. The number of Topliss-reactive ketones (excluding diaryl/α,β-unsaturated/α-hetero) is 1. The second kappa shape index (κ2) is 9.63. The van der Waals surface area contributed by atoms with Gasteiger partial charge in [-0.15, -0.1) is 0 Å². The molecule has 182 valence electrons. The van der Waals surface area contributed by atoms with Crippen LogP contribution in [0, 0.1) is 0 Å². The van der Waals surface area contributed by atoms with E-state index in [0.717, 1.165) is 0 Å². The van der Waals surface area contributed by atoms with Gasteiger partial charge < -0.3 is 28.5 Å². The Morgan fingerprint density at radius 1 is 0.914 bits per heavy atom. The van der Waals surface area contributed by atoms with Gasteiger partial charge in [-0.2, -0.15) is 0 Å². The van der Waals surface area contributed by atoms with Crippen LogP contribution < -0.4 is 23.8 Å². The van der Waals surface area contributed by atoms with E-state index >= 15 is 0 Å². The van der Waals surface area contributed by atoms with Crippen molar-refractivity contribution in [1.29, 1.82) is 0 Å². The molecule has 1 aliphatic heterocycles. The Bertz CT molecular complexity index is 1320. The Balaban J connectivity index is 1.95. The van der Waals surface area contributed by atoms with E-state index in [1.165, 1.54) is 51.7 Å². The van der Waals surface area contributed by atoms with Crippen LogP contribution in [0.1, 0.15) is 17.4 Å². The van der Waals surface area contributed by atoms with Gasteiger partial charge in [-0.25, -0.2) is 0 Å². The minimum Gasteiger partial charge on any atom is -0.507 e. The average Bonchev–Trinajstić information content (AvgIpc) is 3.49. The highest BCUT2D eigenvalue weighted by atomic mass is 35.5. The summed E-state index contributed by atoms with van der Waals surface area (Å²) in [7, 11) is 5.77. The van der Waals surface area contributed by atoms with Crippen LogP contribution >= 0.6 is 11.6 Å². The first-order valence-electron chi connectivity index (χ1n) is 10.3. The van der Waals surface area contributed by atoms with Gasteiger partial charge in [0.15, 0.2) is 11.5 Å². The summed E-state index contributed by atoms with van der Waals surface area (Å²) in [6, 6.07) is 9.80. The van der Waals surface area contributed by atoms with Crippen molar-refractivity contribution < 1.29 is 38.1 Å². The molecule has 0 aliphatic carbocycles. The fourth-order valence-electron chi connectivity index (χ4n) is 3.98. The van der Waals surface area contributed by atoms with Crippen LogP contribution in [0.15, 0.2) is 58.7 Å². The van der Waals surface area contributed by atoms with E-state index in [2.05, 4.69) is 0 Å². The summed E-state index contributed by atoms with van der Waals surface area (Å²) in [4.78, 5) is 27.8. The van der Waals surface area contributed by atoms with Crippen LogP contribution in [0.5, 0.6) is 23.0 Å².